The molecule has 4 atom stereocenters. The van der Waals surface area contributed by atoms with Gasteiger partial charge >= 0.3 is 6.36 Å². The van der Waals surface area contributed by atoms with Gasteiger partial charge in [0.25, 0.3) is 0 Å². The van der Waals surface area contributed by atoms with Gasteiger partial charge in [0.05, 0.1) is 13.2 Å². The van der Waals surface area contributed by atoms with Crippen LogP contribution in [0, 0.1) is 5.92 Å². The van der Waals surface area contributed by atoms with Gasteiger partial charge in [-0.3, -0.25) is 4.74 Å². The van der Waals surface area contributed by atoms with E-state index in [0.717, 1.165) is 6.42 Å². The maximum absolute atomic E-state index is 12.0. The van der Waals surface area contributed by atoms with Crippen molar-refractivity contribution in [3.05, 3.63) is 11.8 Å². The van der Waals surface area contributed by atoms with Crippen LogP contribution in [0.3, 0.4) is 0 Å². The molecule has 0 amide bonds. The van der Waals surface area contributed by atoms with Crippen LogP contribution >= 0.6 is 0 Å². The lowest BCUT2D eigenvalue weighted by Gasteiger charge is -2.24. The van der Waals surface area contributed by atoms with Crippen molar-refractivity contribution in [1.29, 1.82) is 0 Å². The lowest BCUT2D eigenvalue weighted by molar-refractivity contribution is -0.326. The Kier molecular flexibility index (Phi) is 3.89. The molecule has 2 fully saturated rings. The summed E-state index contributed by atoms with van der Waals surface area (Å²) in [6.07, 6.45) is -2.78. The molecule has 2 unspecified atom stereocenters. The second-order valence-corrected chi connectivity index (χ2v) is 5.50. The summed E-state index contributed by atoms with van der Waals surface area (Å²) in [5, 5.41) is 7.83. The largest absolute Gasteiger partial charge is 0.522 e. The number of nitrogens with zero attached hydrogens (tertiary/aromatic N) is 2. The predicted octanol–water partition coefficient (Wildman–Crippen LogP) is 1.89. The Balaban J connectivity index is 1.52. The Bertz CT molecular complexity index is 486. The van der Waals surface area contributed by atoms with Gasteiger partial charge in [-0.15, -0.1) is 23.4 Å². The van der Waals surface area contributed by atoms with E-state index < -0.39 is 6.36 Å². The first kappa shape index (κ1) is 14.7. The fourth-order valence-electron chi connectivity index (χ4n) is 2.43. The second kappa shape index (κ2) is 5.54. The van der Waals surface area contributed by atoms with E-state index in [1.54, 1.807) is 0 Å². The minimum Gasteiger partial charge on any atom is -0.422 e. The topological polar surface area (TPSA) is 83.4 Å². The molecular formula is C12H16F3N3O3. The highest BCUT2D eigenvalue weighted by Gasteiger charge is 2.45. The maximum atomic E-state index is 12.0. The highest BCUT2D eigenvalue weighted by atomic mass is 19.4. The van der Waals surface area contributed by atoms with Crippen LogP contribution in [0.1, 0.15) is 43.1 Å². The van der Waals surface area contributed by atoms with Crippen molar-refractivity contribution in [3.8, 4) is 0 Å². The number of nitrogens with two attached hydrogens (primary N) is 1. The first-order chi connectivity index (χ1) is 9.92. The average Bonchev–Trinajstić information content (AvgIpc) is 3.04. The summed E-state index contributed by atoms with van der Waals surface area (Å²) >= 11 is 0. The SMILES string of the molecule is N[C@@H]1CC[C@@H](c2nnc(C3CC3COC(F)(F)F)o2)OC1. The summed E-state index contributed by atoms with van der Waals surface area (Å²) in [7, 11) is 0. The van der Waals surface area contributed by atoms with Gasteiger partial charge in [-0.2, -0.15) is 0 Å². The monoisotopic (exact) mass is 307 g/mol. The minimum absolute atomic E-state index is 0.0240. The molecule has 2 aliphatic rings. The van der Waals surface area contributed by atoms with Crippen LogP contribution in [0.25, 0.3) is 0 Å². The molecule has 0 spiro atoms. The Hall–Kier alpha value is -1.19. The molecule has 1 aliphatic carbocycles. The van der Waals surface area contributed by atoms with Crippen molar-refractivity contribution >= 4 is 0 Å². The summed E-state index contributed by atoms with van der Waals surface area (Å²) in [6.45, 7) is 0.0640. The van der Waals surface area contributed by atoms with Crippen LogP contribution in [0.5, 0.6) is 0 Å². The number of hydrogen-bond acceptors (Lipinski definition) is 6. The standard InChI is InChI=1S/C12H16F3N3O3/c13-12(14,15)20-4-6-3-8(6)10-17-18-11(21-10)9-2-1-7(16)5-19-9/h6-9H,1-5,16H2/t6?,7-,8?,9+/m1/s1. The zero-order chi connectivity index (χ0) is 15.0. The Morgan fingerprint density at radius 3 is 2.67 bits per heavy atom. The van der Waals surface area contributed by atoms with E-state index in [-0.39, 0.29) is 30.6 Å². The van der Waals surface area contributed by atoms with Gasteiger partial charge < -0.3 is 14.9 Å². The Morgan fingerprint density at radius 2 is 2.00 bits per heavy atom. The normalized spacial score (nSPS) is 33.1. The van der Waals surface area contributed by atoms with Crippen molar-refractivity contribution in [2.45, 2.75) is 43.7 Å². The van der Waals surface area contributed by atoms with Crippen molar-refractivity contribution in [1.82, 2.24) is 10.2 Å². The highest BCUT2D eigenvalue weighted by molar-refractivity contribution is 5.07. The molecule has 0 bridgehead atoms. The van der Waals surface area contributed by atoms with Crippen LogP contribution in [0.4, 0.5) is 13.2 Å². The summed E-state index contributed by atoms with van der Waals surface area (Å²) in [4.78, 5) is 0. The Labute approximate surface area is 118 Å². The fourth-order valence-corrected chi connectivity index (χ4v) is 2.43. The predicted molar refractivity (Wildman–Crippen MR) is 63.1 cm³/mol. The third kappa shape index (κ3) is 3.72. The summed E-state index contributed by atoms with van der Waals surface area (Å²) in [5.74, 6) is 0.360. The molecule has 0 aromatic carbocycles. The van der Waals surface area contributed by atoms with E-state index in [4.69, 9.17) is 14.9 Å². The van der Waals surface area contributed by atoms with Crippen molar-refractivity contribution in [2.24, 2.45) is 11.7 Å². The second-order valence-electron chi connectivity index (χ2n) is 5.50. The van der Waals surface area contributed by atoms with Crippen molar-refractivity contribution in [3.63, 3.8) is 0 Å². The highest BCUT2D eigenvalue weighted by Crippen LogP contribution is 2.48. The molecule has 2 N–H and O–H groups in total. The van der Waals surface area contributed by atoms with Crippen molar-refractivity contribution in [2.75, 3.05) is 13.2 Å². The smallest absolute Gasteiger partial charge is 0.422 e. The first-order valence-electron chi connectivity index (χ1n) is 6.83. The molecule has 0 radical (unpaired) electrons. The van der Waals surface area contributed by atoms with Crippen LogP contribution in [0.15, 0.2) is 4.42 Å². The van der Waals surface area contributed by atoms with Gasteiger partial charge in [-0.1, -0.05) is 0 Å². The summed E-state index contributed by atoms with van der Waals surface area (Å²) < 4.78 is 50.7. The molecule has 1 aromatic rings. The van der Waals surface area contributed by atoms with Crippen molar-refractivity contribution < 1.29 is 27.1 Å². The third-order valence-electron chi connectivity index (χ3n) is 3.74. The number of alkyl halides is 3. The fraction of sp³-hybridized carbons (Fsp3) is 0.833. The van der Waals surface area contributed by atoms with E-state index >= 15 is 0 Å². The van der Waals surface area contributed by atoms with Gasteiger partial charge in [0.1, 0.15) is 6.10 Å². The maximum Gasteiger partial charge on any atom is 0.522 e. The quantitative estimate of drug-likeness (QED) is 0.914. The van der Waals surface area contributed by atoms with Crippen LogP contribution in [0.2, 0.25) is 0 Å². The summed E-state index contributed by atoms with van der Waals surface area (Å²) in [5.41, 5.74) is 5.73. The van der Waals surface area contributed by atoms with E-state index in [0.29, 0.717) is 31.2 Å². The molecule has 6 nitrogen and oxygen atoms in total. The number of hydrogen-bond donors (Lipinski definition) is 1. The lowest BCUT2D eigenvalue weighted by atomic mass is 10.1. The van der Waals surface area contributed by atoms with E-state index in [1.807, 2.05) is 0 Å². The molecular weight excluding hydrogens is 291 g/mol. The van der Waals surface area contributed by atoms with Crippen LogP contribution < -0.4 is 5.73 Å². The number of halogens is 3. The summed E-state index contributed by atoms with van der Waals surface area (Å²) in [6, 6.07) is 0.0240. The zero-order valence-corrected chi connectivity index (χ0v) is 11.2. The molecule has 1 saturated carbocycles. The molecule has 3 rings (SSSR count). The van der Waals surface area contributed by atoms with Gasteiger partial charge in [0, 0.05) is 12.0 Å². The molecule has 1 saturated heterocycles. The van der Waals surface area contributed by atoms with Crippen LogP contribution in [-0.2, 0) is 9.47 Å². The minimum atomic E-state index is -4.60. The average molecular weight is 307 g/mol. The van der Waals surface area contributed by atoms with E-state index in [9.17, 15) is 13.2 Å². The molecule has 118 valence electrons. The molecule has 21 heavy (non-hydrogen) atoms. The third-order valence-corrected chi connectivity index (χ3v) is 3.74. The van der Waals surface area contributed by atoms with Gasteiger partial charge in [-0.25, -0.2) is 0 Å². The van der Waals surface area contributed by atoms with Gasteiger partial charge in [0.15, 0.2) is 0 Å². The van der Waals surface area contributed by atoms with Crippen LogP contribution in [-0.4, -0.2) is 35.8 Å². The van der Waals surface area contributed by atoms with E-state index in [1.165, 1.54) is 0 Å². The number of rotatable bonds is 4. The molecule has 9 heteroatoms. The Morgan fingerprint density at radius 1 is 1.24 bits per heavy atom. The molecule has 1 aliphatic heterocycles. The van der Waals surface area contributed by atoms with Gasteiger partial charge in [0.2, 0.25) is 11.8 Å². The number of aromatic nitrogens is 2. The number of ether oxygens (including phenoxy) is 2. The van der Waals surface area contributed by atoms with Gasteiger partial charge in [-0.05, 0) is 25.2 Å². The lowest BCUT2D eigenvalue weighted by Crippen LogP contribution is -2.32. The van der Waals surface area contributed by atoms with E-state index in [2.05, 4.69) is 14.9 Å². The molecule has 2 heterocycles. The first-order valence-corrected chi connectivity index (χ1v) is 6.83. The zero-order valence-electron chi connectivity index (χ0n) is 11.2. The molecule has 1 aromatic heterocycles.